The van der Waals surface area contributed by atoms with Gasteiger partial charge in [0.15, 0.2) is 0 Å². The SMILES string of the molecule is COCCN1CCCN(C(=O)CNCC(F)(F)F)CC1. The molecule has 1 heterocycles. The molecule has 1 N–H and O–H groups in total. The first-order chi connectivity index (χ1) is 9.42. The first-order valence-electron chi connectivity index (χ1n) is 6.69. The summed E-state index contributed by atoms with van der Waals surface area (Å²) in [5.74, 6) is -0.275. The van der Waals surface area contributed by atoms with Crippen LogP contribution in [-0.4, -0.2) is 81.4 Å². The van der Waals surface area contributed by atoms with Crippen LogP contribution in [0.1, 0.15) is 6.42 Å². The average Bonchev–Trinajstić information content (AvgIpc) is 2.60. The minimum atomic E-state index is -4.28. The highest BCUT2D eigenvalue weighted by molar-refractivity contribution is 5.78. The minimum Gasteiger partial charge on any atom is -0.383 e. The second kappa shape index (κ2) is 8.43. The molecule has 0 spiro atoms. The van der Waals surface area contributed by atoms with Gasteiger partial charge in [0, 0.05) is 33.3 Å². The molecule has 0 saturated carbocycles. The summed E-state index contributed by atoms with van der Waals surface area (Å²) in [5.41, 5.74) is 0. The Morgan fingerprint density at radius 1 is 1.25 bits per heavy atom. The molecule has 5 nitrogen and oxygen atoms in total. The van der Waals surface area contributed by atoms with Crippen LogP contribution in [0, 0.1) is 0 Å². The van der Waals surface area contributed by atoms with E-state index in [-0.39, 0.29) is 12.5 Å². The molecular formula is C12H22F3N3O2. The number of halogens is 3. The van der Waals surface area contributed by atoms with E-state index in [0.29, 0.717) is 19.7 Å². The number of hydrogen-bond acceptors (Lipinski definition) is 4. The summed E-state index contributed by atoms with van der Waals surface area (Å²) in [7, 11) is 1.64. The number of rotatable bonds is 6. The highest BCUT2D eigenvalue weighted by Gasteiger charge is 2.27. The van der Waals surface area contributed by atoms with Gasteiger partial charge >= 0.3 is 6.18 Å². The fourth-order valence-corrected chi connectivity index (χ4v) is 2.09. The Labute approximate surface area is 117 Å². The van der Waals surface area contributed by atoms with Crippen LogP contribution in [0.4, 0.5) is 13.2 Å². The molecule has 0 aliphatic carbocycles. The lowest BCUT2D eigenvalue weighted by atomic mass is 10.3. The Balaban J connectivity index is 2.27. The van der Waals surface area contributed by atoms with Crippen LogP contribution < -0.4 is 5.32 Å². The molecule has 0 bridgehead atoms. The first kappa shape index (κ1) is 17.2. The van der Waals surface area contributed by atoms with Gasteiger partial charge in [0.25, 0.3) is 0 Å². The lowest BCUT2D eigenvalue weighted by molar-refractivity contribution is -0.134. The van der Waals surface area contributed by atoms with Crippen LogP contribution in [0.3, 0.4) is 0 Å². The number of carbonyl (C=O) groups excluding carboxylic acids is 1. The Morgan fingerprint density at radius 3 is 2.65 bits per heavy atom. The molecule has 1 fully saturated rings. The van der Waals surface area contributed by atoms with Gasteiger partial charge in [0.05, 0.1) is 19.7 Å². The number of ether oxygens (including phenoxy) is 1. The van der Waals surface area contributed by atoms with Gasteiger partial charge in [-0.2, -0.15) is 13.2 Å². The van der Waals surface area contributed by atoms with Crippen molar-refractivity contribution in [2.24, 2.45) is 0 Å². The van der Waals surface area contributed by atoms with Crippen molar-refractivity contribution < 1.29 is 22.7 Å². The molecule has 1 aliphatic rings. The second-order valence-corrected chi connectivity index (χ2v) is 4.79. The monoisotopic (exact) mass is 297 g/mol. The zero-order valence-electron chi connectivity index (χ0n) is 11.7. The third-order valence-electron chi connectivity index (χ3n) is 3.15. The molecule has 0 atom stereocenters. The van der Waals surface area contributed by atoms with E-state index in [2.05, 4.69) is 10.2 Å². The average molecular weight is 297 g/mol. The minimum absolute atomic E-state index is 0.266. The van der Waals surface area contributed by atoms with Gasteiger partial charge in [-0.1, -0.05) is 0 Å². The third kappa shape index (κ3) is 7.06. The van der Waals surface area contributed by atoms with Crippen LogP contribution in [0.5, 0.6) is 0 Å². The molecule has 1 rings (SSSR count). The van der Waals surface area contributed by atoms with Crippen LogP contribution in [0.25, 0.3) is 0 Å². The molecule has 20 heavy (non-hydrogen) atoms. The topological polar surface area (TPSA) is 44.8 Å². The summed E-state index contributed by atoms with van der Waals surface area (Å²) in [4.78, 5) is 15.6. The molecule has 0 radical (unpaired) electrons. The molecule has 0 aromatic carbocycles. The van der Waals surface area contributed by atoms with Crippen LogP contribution in [0.2, 0.25) is 0 Å². The van der Waals surface area contributed by atoms with Crippen LogP contribution in [-0.2, 0) is 9.53 Å². The van der Waals surface area contributed by atoms with Gasteiger partial charge in [-0.15, -0.1) is 0 Å². The maximum atomic E-state index is 12.0. The molecular weight excluding hydrogens is 275 g/mol. The van der Waals surface area contributed by atoms with Gasteiger partial charge in [-0.3, -0.25) is 9.69 Å². The van der Waals surface area contributed by atoms with E-state index in [9.17, 15) is 18.0 Å². The number of carbonyl (C=O) groups is 1. The summed E-state index contributed by atoms with van der Waals surface area (Å²) in [5, 5.41) is 2.14. The molecule has 1 amide bonds. The fourth-order valence-electron chi connectivity index (χ4n) is 2.09. The van der Waals surface area contributed by atoms with Gasteiger partial charge in [0.2, 0.25) is 5.91 Å². The Morgan fingerprint density at radius 2 is 2.00 bits per heavy atom. The number of hydrogen-bond donors (Lipinski definition) is 1. The van der Waals surface area contributed by atoms with Crippen molar-refractivity contribution in [2.75, 3.05) is 59.5 Å². The van der Waals surface area contributed by atoms with Gasteiger partial charge in [0.1, 0.15) is 0 Å². The van der Waals surface area contributed by atoms with E-state index in [1.807, 2.05) is 0 Å². The molecule has 0 aromatic rings. The van der Waals surface area contributed by atoms with E-state index in [4.69, 9.17) is 4.74 Å². The predicted octanol–water partition coefficient (Wildman–Crippen LogP) is 0.319. The summed E-state index contributed by atoms with van der Waals surface area (Å²) in [6.07, 6.45) is -3.45. The quantitative estimate of drug-likeness (QED) is 0.767. The zero-order valence-corrected chi connectivity index (χ0v) is 11.7. The molecule has 1 saturated heterocycles. The van der Waals surface area contributed by atoms with Crippen molar-refractivity contribution in [2.45, 2.75) is 12.6 Å². The lowest BCUT2D eigenvalue weighted by Gasteiger charge is -2.22. The fraction of sp³-hybridized carbons (Fsp3) is 0.917. The Hall–Kier alpha value is -0.860. The summed E-state index contributed by atoms with van der Waals surface area (Å²) in [6.45, 7) is 2.81. The van der Waals surface area contributed by atoms with Crippen molar-refractivity contribution in [1.29, 1.82) is 0 Å². The lowest BCUT2D eigenvalue weighted by Crippen LogP contribution is -2.42. The maximum Gasteiger partial charge on any atom is 0.401 e. The highest BCUT2D eigenvalue weighted by atomic mass is 19.4. The van der Waals surface area contributed by atoms with E-state index >= 15 is 0 Å². The Kier molecular flexibility index (Phi) is 7.25. The van der Waals surface area contributed by atoms with Gasteiger partial charge in [-0.25, -0.2) is 0 Å². The maximum absolute atomic E-state index is 12.0. The van der Waals surface area contributed by atoms with E-state index in [0.717, 1.165) is 26.1 Å². The molecule has 0 unspecified atom stereocenters. The number of nitrogens with one attached hydrogen (secondary N) is 1. The largest absolute Gasteiger partial charge is 0.401 e. The van der Waals surface area contributed by atoms with Crippen LogP contribution in [0.15, 0.2) is 0 Å². The first-order valence-corrected chi connectivity index (χ1v) is 6.69. The van der Waals surface area contributed by atoms with E-state index in [1.165, 1.54) is 0 Å². The highest BCUT2D eigenvalue weighted by Crippen LogP contribution is 2.12. The molecule has 8 heteroatoms. The standard InChI is InChI=1S/C12H22F3N3O2/c1-20-8-7-17-3-2-4-18(6-5-17)11(19)9-16-10-12(13,14)15/h16H,2-10H2,1H3. The van der Waals surface area contributed by atoms with Crippen molar-refractivity contribution in [1.82, 2.24) is 15.1 Å². The van der Waals surface area contributed by atoms with Crippen molar-refractivity contribution in [3.05, 3.63) is 0 Å². The van der Waals surface area contributed by atoms with Crippen molar-refractivity contribution in [3.8, 4) is 0 Å². The van der Waals surface area contributed by atoms with Gasteiger partial charge < -0.3 is 15.0 Å². The Bertz CT molecular complexity index is 300. The van der Waals surface area contributed by atoms with Gasteiger partial charge in [-0.05, 0) is 13.0 Å². The smallest absolute Gasteiger partial charge is 0.383 e. The number of alkyl halides is 3. The van der Waals surface area contributed by atoms with Crippen molar-refractivity contribution in [3.63, 3.8) is 0 Å². The zero-order chi connectivity index (χ0) is 15.0. The number of nitrogens with zero attached hydrogens (tertiary/aromatic N) is 2. The molecule has 1 aliphatic heterocycles. The molecule has 118 valence electrons. The predicted molar refractivity (Wildman–Crippen MR) is 68.4 cm³/mol. The summed E-state index contributed by atoms with van der Waals surface area (Å²) in [6, 6.07) is 0. The normalized spacial score (nSPS) is 18.1. The third-order valence-corrected chi connectivity index (χ3v) is 3.15. The van der Waals surface area contributed by atoms with Crippen LogP contribution >= 0.6 is 0 Å². The van der Waals surface area contributed by atoms with E-state index in [1.54, 1.807) is 12.0 Å². The van der Waals surface area contributed by atoms with E-state index < -0.39 is 12.7 Å². The molecule has 0 aromatic heterocycles. The number of methoxy groups -OCH3 is 1. The second-order valence-electron chi connectivity index (χ2n) is 4.79. The number of amides is 1. The summed E-state index contributed by atoms with van der Waals surface area (Å²) < 4.78 is 40.9. The van der Waals surface area contributed by atoms with Crippen molar-refractivity contribution >= 4 is 5.91 Å². The summed E-state index contributed by atoms with van der Waals surface area (Å²) >= 11 is 0.